The molecule has 3 N–H and O–H groups in total. The Balaban J connectivity index is 1.35. The third-order valence-corrected chi connectivity index (χ3v) is 11.9. The normalized spacial score (nSPS) is 26.2. The number of hydrogen-bond donors (Lipinski definition) is 3. The van der Waals surface area contributed by atoms with Crippen LogP contribution < -0.4 is 10.2 Å². The van der Waals surface area contributed by atoms with E-state index in [2.05, 4.69) is 5.32 Å². The largest absolute Gasteiger partial charge is 0.432 e. The molecule has 43 heavy (non-hydrogen) atoms. The second-order valence-electron chi connectivity index (χ2n) is 12.4. The summed E-state index contributed by atoms with van der Waals surface area (Å²) >= 11 is 0. The van der Waals surface area contributed by atoms with Crippen LogP contribution in [-0.4, -0.2) is 60.1 Å². The van der Waals surface area contributed by atoms with Crippen LogP contribution >= 0.6 is 0 Å². The van der Waals surface area contributed by atoms with Gasteiger partial charge in [0, 0.05) is 40.6 Å². The minimum absolute atomic E-state index is 0.0286. The van der Waals surface area contributed by atoms with Gasteiger partial charge in [-0.2, -0.15) is 0 Å². The lowest BCUT2D eigenvalue weighted by molar-refractivity contribution is -0.149. The van der Waals surface area contributed by atoms with E-state index in [4.69, 9.17) is 4.74 Å². The summed E-state index contributed by atoms with van der Waals surface area (Å²) in [4.78, 5) is 54.7. The third kappa shape index (κ3) is 4.88. The molecule has 9 nitrogen and oxygen atoms in total. The monoisotopic (exact) mass is 599 g/mol. The summed E-state index contributed by atoms with van der Waals surface area (Å²) in [6.07, 6.45) is 0.539. The topological polar surface area (TPSA) is 119 Å². The lowest BCUT2D eigenvalue weighted by Gasteiger charge is -2.37. The van der Waals surface area contributed by atoms with Gasteiger partial charge >= 0.3 is 0 Å². The van der Waals surface area contributed by atoms with Crippen LogP contribution in [0.4, 0.5) is 17.1 Å². The number of nitrogens with zero attached hydrogens (tertiary/aromatic N) is 2. The van der Waals surface area contributed by atoms with Crippen molar-refractivity contribution in [3.63, 3.8) is 0 Å². The summed E-state index contributed by atoms with van der Waals surface area (Å²) in [5, 5.41) is 13.1. The van der Waals surface area contributed by atoms with Crippen LogP contribution in [0.15, 0.2) is 72.8 Å². The summed E-state index contributed by atoms with van der Waals surface area (Å²) in [7, 11) is -2.98. The van der Waals surface area contributed by atoms with Gasteiger partial charge in [-0.1, -0.05) is 49.4 Å². The van der Waals surface area contributed by atoms with Gasteiger partial charge in [-0.15, -0.1) is 0 Å². The molecule has 1 saturated heterocycles. The summed E-state index contributed by atoms with van der Waals surface area (Å²) in [5.41, 5.74) is 2.70. The molecule has 1 fully saturated rings. The number of amides is 3. The van der Waals surface area contributed by atoms with Crippen molar-refractivity contribution in [1.29, 1.82) is 0 Å². The average Bonchev–Trinajstić information content (AvgIpc) is 3.45. The molecule has 6 rings (SSSR count). The van der Waals surface area contributed by atoms with Crippen molar-refractivity contribution in [3.8, 4) is 0 Å². The molecule has 224 valence electrons. The summed E-state index contributed by atoms with van der Waals surface area (Å²) in [6.45, 7) is 5.75. The highest BCUT2D eigenvalue weighted by Crippen LogP contribution is 2.58. The zero-order valence-corrected chi connectivity index (χ0v) is 25.6. The van der Waals surface area contributed by atoms with Crippen LogP contribution in [-0.2, 0) is 37.7 Å². The number of aliphatic hydroxyl groups excluding tert-OH is 1. The first-order valence-electron chi connectivity index (χ1n) is 14.7. The van der Waals surface area contributed by atoms with Crippen LogP contribution in [0.1, 0.15) is 30.0 Å². The molecular weight excluding hydrogens is 562 g/mol. The van der Waals surface area contributed by atoms with Gasteiger partial charge in [0.15, 0.2) is 13.9 Å². The molecule has 3 aliphatic rings. The van der Waals surface area contributed by atoms with Crippen LogP contribution in [0.25, 0.3) is 0 Å². The van der Waals surface area contributed by atoms with E-state index in [1.807, 2.05) is 74.6 Å². The Hall–Kier alpha value is -3.83. The summed E-state index contributed by atoms with van der Waals surface area (Å²) < 4.78 is 6.72. The predicted octanol–water partition coefficient (Wildman–Crippen LogP) is 4.07. The summed E-state index contributed by atoms with van der Waals surface area (Å²) in [6, 6.07) is 22.1. The number of fused-ring (bicyclic) bond motifs is 3. The standard InChI is InChI=1S/C33H37N3O6Si/c1-21-31(43(2,3)41)29(17-30(39)35-18-23-10-8-7-9-22(23)15-26(35)19-37)42-33(21)27-16-25(13-14-28(27)34-32(33)40)36(20-38)24-11-5-4-6-12-24/h4-14,16,20-21,26,29,31,37,41H,15,17-19H2,1-3H3,(H,34,40)/t21-,26+,29+,31-,33+/m1/s1. The van der Waals surface area contributed by atoms with Gasteiger partial charge < -0.3 is 24.9 Å². The van der Waals surface area contributed by atoms with Crippen molar-refractivity contribution in [2.45, 2.75) is 62.7 Å². The predicted molar refractivity (Wildman–Crippen MR) is 165 cm³/mol. The van der Waals surface area contributed by atoms with Gasteiger partial charge in [-0.05, 0) is 61.0 Å². The first-order chi connectivity index (χ1) is 20.6. The van der Waals surface area contributed by atoms with Crippen molar-refractivity contribution in [2.24, 2.45) is 5.92 Å². The molecule has 3 aromatic rings. The second kappa shape index (κ2) is 11.0. The van der Waals surface area contributed by atoms with Crippen molar-refractivity contribution in [1.82, 2.24) is 4.90 Å². The first-order valence-corrected chi connectivity index (χ1v) is 17.7. The molecule has 3 heterocycles. The second-order valence-corrected chi connectivity index (χ2v) is 16.4. The molecule has 0 radical (unpaired) electrons. The fourth-order valence-corrected chi connectivity index (χ4v) is 9.98. The molecule has 0 aromatic heterocycles. The SMILES string of the molecule is C[C@@H]1[C@@H]([Si](C)(C)O)[C@H](CC(=O)N2Cc3ccccc3C[C@H]2CO)O[C@@]12C(=O)Nc1ccc(N(C=O)c3ccccc3)cc12. The average molecular weight is 600 g/mol. The molecule has 0 unspecified atom stereocenters. The molecule has 3 amide bonds. The lowest BCUT2D eigenvalue weighted by Crippen LogP contribution is -2.48. The van der Waals surface area contributed by atoms with E-state index >= 15 is 0 Å². The number of anilines is 3. The van der Waals surface area contributed by atoms with Gasteiger partial charge in [-0.3, -0.25) is 19.3 Å². The highest BCUT2D eigenvalue weighted by molar-refractivity contribution is 6.71. The first kappa shape index (κ1) is 29.2. The zero-order chi connectivity index (χ0) is 30.5. The quantitative estimate of drug-likeness (QED) is 0.278. The van der Waals surface area contributed by atoms with Crippen LogP contribution in [0, 0.1) is 5.92 Å². The van der Waals surface area contributed by atoms with Gasteiger partial charge in [0.25, 0.3) is 5.91 Å². The Bertz CT molecular complexity index is 1560. The number of aliphatic hydroxyl groups is 1. The van der Waals surface area contributed by atoms with E-state index < -0.39 is 31.5 Å². The van der Waals surface area contributed by atoms with E-state index in [0.717, 1.165) is 17.5 Å². The fraction of sp³-hybridized carbons (Fsp3) is 0.364. The van der Waals surface area contributed by atoms with Gasteiger partial charge in [0.05, 0.1) is 25.2 Å². The third-order valence-electron chi connectivity index (χ3n) is 9.40. The maximum absolute atomic E-state index is 13.9. The Morgan fingerprint density at radius 3 is 2.47 bits per heavy atom. The highest BCUT2D eigenvalue weighted by atomic mass is 28.4. The molecule has 10 heteroatoms. The maximum Gasteiger partial charge on any atom is 0.261 e. The van der Waals surface area contributed by atoms with E-state index in [9.17, 15) is 24.3 Å². The zero-order valence-electron chi connectivity index (χ0n) is 24.6. The number of para-hydroxylation sites is 1. The van der Waals surface area contributed by atoms with Crippen molar-refractivity contribution in [2.75, 3.05) is 16.8 Å². The van der Waals surface area contributed by atoms with Crippen molar-refractivity contribution >= 4 is 43.6 Å². The molecular formula is C33H37N3O6Si. The van der Waals surface area contributed by atoms with Gasteiger partial charge in [0.2, 0.25) is 12.3 Å². The molecule has 0 bridgehead atoms. The van der Waals surface area contributed by atoms with Gasteiger partial charge in [0.1, 0.15) is 0 Å². The lowest BCUT2D eigenvalue weighted by atomic mass is 9.82. The molecule has 1 spiro atoms. The van der Waals surface area contributed by atoms with E-state index in [1.165, 1.54) is 4.90 Å². The molecule has 3 aromatic carbocycles. The number of nitrogens with one attached hydrogen (secondary N) is 1. The van der Waals surface area contributed by atoms with Crippen LogP contribution in [0.5, 0.6) is 0 Å². The smallest absolute Gasteiger partial charge is 0.261 e. The fourth-order valence-electron chi connectivity index (χ4n) is 7.43. The van der Waals surface area contributed by atoms with Crippen molar-refractivity contribution < 1.29 is 29.0 Å². The minimum atomic E-state index is -2.98. The Morgan fingerprint density at radius 1 is 1.09 bits per heavy atom. The number of rotatable bonds is 7. The van der Waals surface area contributed by atoms with Crippen molar-refractivity contribution in [3.05, 3.63) is 89.5 Å². The maximum atomic E-state index is 13.9. The van der Waals surface area contributed by atoms with E-state index in [1.54, 1.807) is 23.1 Å². The highest BCUT2D eigenvalue weighted by Gasteiger charge is 2.65. The number of benzene rings is 3. The number of carbonyl (C=O) groups excluding carboxylic acids is 3. The molecule has 0 saturated carbocycles. The number of carbonyl (C=O) groups is 3. The number of hydrogen-bond acceptors (Lipinski definition) is 6. The minimum Gasteiger partial charge on any atom is -0.432 e. The Morgan fingerprint density at radius 2 is 1.79 bits per heavy atom. The van der Waals surface area contributed by atoms with Crippen LogP contribution in [0.2, 0.25) is 18.6 Å². The number of ether oxygens (including phenoxy) is 1. The van der Waals surface area contributed by atoms with E-state index in [0.29, 0.717) is 35.6 Å². The van der Waals surface area contributed by atoms with Crippen LogP contribution in [0.3, 0.4) is 0 Å². The molecule has 5 atom stereocenters. The Kier molecular flexibility index (Phi) is 7.50. The molecule has 0 aliphatic carbocycles. The summed E-state index contributed by atoms with van der Waals surface area (Å²) in [5.74, 6) is -0.983. The van der Waals surface area contributed by atoms with E-state index in [-0.39, 0.29) is 30.9 Å². The Labute approximate surface area is 252 Å². The molecule has 3 aliphatic heterocycles. The van der Waals surface area contributed by atoms with Gasteiger partial charge in [-0.25, -0.2) is 0 Å².